The quantitative estimate of drug-likeness (QED) is 0.862. The van der Waals surface area contributed by atoms with Crippen LogP contribution in [0.2, 0.25) is 0 Å². The zero-order chi connectivity index (χ0) is 11.7. The second-order valence-corrected chi connectivity index (χ2v) is 5.44. The number of rotatable bonds is 3. The highest BCUT2D eigenvalue weighted by molar-refractivity contribution is 5.30. The third-order valence-electron chi connectivity index (χ3n) is 3.84. The number of ether oxygens (including phenoxy) is 1. The molecule has 2 nitrogen and oxygen atoms in total. The molecule has 0 spiro atoms. The number of piperidine rings is 1. The second kappa shape index (κ2) is 4.69. The maximum absolute atomic E-state index is 5.77. The zero-order valence-electron chi connectivity index (χ0n) is 10.5. The van der Waals surface area contributed by atoms with E-state index in [0.717, 1.165) is 18.2 Å². The van der Waals surface area contributed by atoms with Crippen molar-refractivity contribution in [3.05, 3.63) is 29.8 Å². The van der Waals surface area contributed by atoms with Gasteiger partial charge in [-0.2, -0.15) is 0 Å². The Bertz CT molecular complexity index is 369. The molecule has 2 atom stereocenters. The van der Waals surface area contributed by atoms with E-state index >= 15 is 0 Å². The van der Waals surface area contributed by atoms with E-state index in [-0.39, 0.29) is 0 Å². The van der Waals surface area contributed by atoms with Crippen molar-refractivity contribution in [1.29, 1.82) is 0 Å². The van der Waals surface area contributed by atoms with Crippen LogP contribution < -0.4 is 10.1 Å². The van der Waals surface area contributed by atoms with Crippen LogP contribution in [0.1, 0.15) is 44.2 Å². The van der Waals surface area contributed by atoms with Crippen molar-refractivity contribution >= 4 is 0 Å². The summed E-state index contributed by atoms with van der Waals surface area (Å²) in [5.74, 6) is 1.76. The highest BCUT2D eigenvalue weighted by Gasteiger charge is 2.24. The van der Waals surface area contributed by atoms with E-state index in [0.29, 0.717) is 12.1 Å². The minimum atomic E-state index is 0.493. The van der Waals surface area contributed by atoms with Crippen LogP contribution in [0.3, 0.4) is 0 Å². The molecule has 1 saturated carbocycles. The first-order valence-electron chi connectivity index (χ1n) is 6.83. The first kappa shape index (κ1) is 11.1. The summed E-state index contributed by atoms with van der Waals surface area (Å²) in [4.78, 5) is 0. The molecule has 17 heavy (non-hydrogen) atoms. The van der Waals surface area contributed by atoms with Crippen LogP contribution in [0.15, 0.2) is 24.3 Å². The SMILES string of the molecule is CC1CCCNC1c1ccc(OC2CC2)cc1. The summed E-state index contributed by atoms with van der Waals surface area (Å²) in [7, 11) is 0. The summed E-state index contributed by atoms with van der Waals surface area (Å²) in [6.07, 6.45) is 5.58. The van der Waals surface area contributed by atoms with E-state index in [1.165, 1.54) is 31.2 Å². The van der Waals surface area contributed by atoms with Crippen LogP contribution in [-0.2, 0) is 0 Å². The van der Waals surface area contributed by atoms with Crippen molar-refractivity contribution in [2.45, 2.75) is 44.8 Å². The van der Waals surface area contributed by atoms with E-state index in [2.05, 4.69) is 36.5 Å². The summed E-state index contributed by atoms with van der Waals surface area (Å²) in [6.45, 7) is 3.49. The molecule has 0 aromatic heterocycles. The average molecular weight is 231 g/mol. The van der Waals surface area contributed by atoms with Gasteiger partial charge in [-0.15, -0.1) is 0 Å². The van der Waals surface area contributed by atoms with Crippen molar-refractivity contribution < 1.29 is 4.74 Å². The minimum absolute atomic E-state index is 0.493. The van der Waals surface area contributed by atoms with Gasteiger partial charge in [-0.1, -0.05) is 19.1 Å². The first-order valence-corrected chi connectivity index (χ1v) is 6.83. The molecule has 3 rings (SSSR count). The molecular formula is C15H21NO. The van der Waals surface area contributed by atoms with Crippen molar-refractivity contribution in [1.82, 2.24) is 5.32 Å². The molecular weight excluding hydrogens is 210 g/mol. The Labute approximate surface area is 103 Å². The van der Waals surface area contributed by atoms with Gasteiger partial charge < -0.3 is 10.1 Å². The Morgan fingerprint density at radius 1 is 1.12 bits per heavy atom. The van der Waals surface area contributed by atoms with E-state index in [1.807, 2.05) is 0 Å². The standard InChI is InChI=1S/C15H21NO/c1-11-3-2-10-16-15(11)12-4-6-13(7-5-12)17-14-8-9-14/h4-7,11,14-16H,2-3,8-10H2,1H3. The minimum Gasteiger partial charge on any atom is -0.490 e. The van der Waals surface area contributed by atoms with Crippen molar-refractivity contribution in [3.63, 3.8) is 0 Å². The molecule has 0 bridgehead atoms. The van der Waals surface area contributed by atoms with Crippen LogP contribution in [0.4, 0.5) is 0 Å². The highest BCUT2D eigenvalue weighted by Crippen LogP contribution is 2.31. The fourth-order valence-corrected chi connectivity index (χ4v) is 2.63. The lowest BCUT2D eigenvalue weighted by molar-refractivity contribution is 0.298. The second-order valence-electron chi connectivity index (χ2n) is 5.44. The molecule has 0 radical (unpaired) electrons. The molecule has 2 unspecified atom stereocenters. The molecule has 1 heterocycles. The van der Waals surface area contributed by atoms with Gasteiger partial charge in [0.15, 0.2) is 0 Å². The predicted octanol–water partition coefficient (Wildman–Crippen LogP) is 3.29. The van der Waals surface area contributed by atoms with E-state index in [4.69, 9.17) is 4.74 Å². The third-order valence-corrected chi connectivity index (χ3v) is 3.84. The van der Waals surface area contributed by atoms with E-state index in [9.17, 15) is 0 Å². The summed E-state index contributed by atoms with van der Waals surface area (Å²) in [5, 5.41) is 3.62. The van der Waals surface area contributed by atoms with Gasteiger partial charge in [0.2, 0.25) is 0 Å². The molecule has 1 aromatic rings. The van der Waals surface area contributed by atoms with E-state index < -0.39 is 0 Å². The first-order chi connectivity index (χ1) is 8.33. The Kier molecular flexibility index (Phi) is 3.06. The van der Waals surface area contributed by atoms with Gasteiger partial charge in [0.25, 0.3) is 0 Å². The van der Waals surface area contributed by atoms with Crippen molar-refractivity contribution in [2.24, 2.45) is 5.92 Å². The largest absolute Gasteiger partial charge is 0.490 e. The molecule has 1 N–H and O–H groups in total. The van der Waals surface area contributed by atoms with Gasteiger partial charge in [-0.25, -0.2) is 0 Å². The molecule has 1 aromatic carbocycles. The molecule has 2 heteroatoms. The summed E-state index contributed by atoms with van der Waals surface area (Å²) in [5.41, 5.74) is 1.40. The van der Waals surface area contributed by atoms with Crippen molar-refractivity contribution in [2.75, 3.05) is 6.54 Å². The van der Waals surface area contributed by atoms with Gasteiger partial charge >= 0.3 is 0 Å². The topological polar surface area (TPSA) is 21.3 Å². The van der Waals surface area contributed by atoms with Gasteiger partial charge in [0.05, 0.1) is 6.10 Å². The van der Waals surface area contributed by atoms with Crippen LogP contribution in [0.25, 0.3) is 0 Å². The van der Waals surface area contributed by atoms with Crippen molar-refractivity contribution in [3.8, 4) is 5.75 Å². The molecule has 1 saturated heterocycles. The monoisotopic (exact) mass is 231 g/mol. The Morgan fingerprint density at radius 3 is 2.53 bits per heavy atom. The summed E-state index contributed by atoms with van der Waals surface area (Å²) < 4.78 is 5.77. The number of nitrogens with one attached hydrogen (secondary N) is 1. The van der Waals surface area contributed by atoms with Gasteiger partial charge in [-0.3, -0.25) is 0 Å². The smallest absolute Gasteiger partial charge is 0.119 e. The number of hydrogen-bond donors (Lipinski definition) is 1. The van der Waals surface area contributed by atoms with Crippen LogP contribution in [0, 0.1) is 5.92 Å². The summed E-state index contributed by atoms with van der Waals surface area (Å²) in [6, 6.07) is 9.21. The Balaban J connectivity index is 1.69. The van der Waals surface area contributed by atoms with Gasteiger partial charge in [0, 0.05) is 6.04 Å². The summed E-state index contributed by atoms with van der Waals surface area (Å²) >= 11 is 0. The van der Waals surface area contributed by atoms with Crippen LogP contribution >= 0.6 is 0 Å². The fourth-order valence-electron chi connectivity index (χ4n) is 2.63. The van der Waals surface area contributed by atoms with Crippen LogP contribution in [-0.4, -0.2) is 12.6 Å². The molecule has 1 aliphatic carbocycles. The molecule has 2 fully saturated rings. The molecule has 2 aliphatic rings. The maximum atomic E-state index is 5.77. The normalized spacial score (nSPS) is 29.0. The lowest BCUT2D eigenvalue weighted by Crippen LogP contribution is -2.32. The number of benzene rings is 1. The third kappa shape index (κ3) is 2.63. The Hall–Kier alpha value is -1.02. The van der Waals surface area contributed by atoms with Crippen LogP contribution in [0.5, 0.6) is 5.75 Å². The Morgan fingerprint density at radius 2 is 1.88 bits per heavy atom. The maximum Gasteiger partial charge on any atom is 0.119 e. The zero-order valence-corrected chi connectivity index (χ0v) is 10.5. The molecule has 0 amide bonds. The number of hydrogen-bond acceptors (Lipinski definition) is 2. The highest BCUT2D eigenvalue weighted by atomic mass is 16.5. The van der Waals surface area contributed by atoms with E-state index in [1.54, 1.807) is 0 Å². The lowest BCUT2D eigenvalue weighted by Gasteiger charge is -2.30. The van der Waals surface area contributed by atoms with Gasteiger partial charge in [0.1, 0.15) is 5.75 Å². The fraction of sp³-hybridized carbons (Fsp3) is 0.600. The molecule has 92 valence electrons. The predicted molar refractivity (Wildman–Crippen MR) is 69.2 cm³/mol. The van der Waals surface area contributed by atoms with Gasteiger partial charge in [-0.05, 0) is 55.8 Å². The lowest BCUT2D eigenvalue weighted by atomic mass is 9.88. The average Bonchev–Trinajstić information content (AvgIpc) is 3.15. The molecule has 1 aliphatic heterocycles.